The fourth-order valence-electron chi connectivity index (χ4n) is 1.86. The quantitative estimate of drug-likeness (QED) is 0.795. The minimum absolute atomic E-state index is 0.740. The summed E-state index contributed by atoms with van der Waals surface area (Å²) in [4.78, 5) is 0. The van der Waals surface area contributed by atoms with E-state index in [2.05, 4.69) is 17.3 Å². The number of rotatable bonds is 6. The van der Waals surface area contributed by atoms with Crippen LogP contribution in [0.25, 0.3) is 5.69 Å². The summed E-state index contributed by atoms with van der Waals surface area (Å²) in [5.74, 6) is 0. The van der Waals surface area contributed by atoms with E-state index in [1.54, 1.807) is 6.20 Å². The molecule has 2 aromatic rings. The van der Waals surface area contributed by atoms with E-state index in [9.17, 15) is 0 Å². The number of benzene rings is 1. The lowest BCUT2D eigenvalue weighted by Crippen LogP contribution is -2.06. The highest BCUT2D eigenvalue weighted by molar-refractivity contribution is 6.31. The van der Waals surface area contributed by atoms with Crippen molar-refractivity contribution in [3.8, 4) is 5.69 Å². The van der Waals surface area contributed by atoms with Gasteiger partial charge in [-0.05, 0) is 30.7 Å². The van der Waals surface area contributed by atoms with E-state index < -0.39 is 0 Å². The highest BCUT2D eigenvalue weighted by atomic mass is 35.5. The smallest absolute Gasteiger partial charge is 0.0877 e. The number of hydrogen-bond acceptors (Lipinski definition) is 2. The monoisotopic (exact) mass is 263 g/mol. The first-order valence-electron chi connectivity index (χ1n) is 6.34. The molecule has 0 fully saturated rings. The molecule has 96 valence electrons. The Morgan fingerprint density at radius 3 is 2.94 bits per heavy atom. The van der Waals surface area contributed by atoms with Crippen LogP contribution in [-0.4, -0.2) is 16.3 Å². The van der Waals surface area contributed by atoms with Crippen LogP contribution in [-0.2, 0) is 0 Å². The summed E-state index contributed by atoms with van der Waals surface area (Å²) in [6, 6.07) is 7.73. The molecular formula is C14H18ClN3. The first-order chi connectivity index (χ1) is 8.81. The van der Waals surface area contributed by atoms with Crippen LogP contribution in [0.1, 0.15) is 26.2 Å². The van der Waals surface area contributed by atoms with E-state index in [0.717, 1.165) is 22.9 Å². The van der Waals surface area contributed by atoms with Gasteiger partial charge in [0.05, 0.1) is 11.4 Å². The van der Waals surface area contributed by atoms with Crippen molar-refractivity contribution in [1.82, 2.24) is 9.78 Å². The van der Waals surface area contributed by atoms with Gasteiger partial charge in [0.25, 0.3) is 0 Å². The summed E-state index contributed by atoms with van der Waals surface area (Å²) >= 11 is 6.05. The summed E-state index contributed by atoms with van der Waals surface area (Å²) in [5.41, 5.74) is 2.06. The topological polar surface area (TPSA) is 29.9 Å². The molecular weight excluding hydrogens is 246 g/mol. The second kappa shape index (κ2) is 6.45. The summed E-state index contributed by atoms with van der Waals surface area (Å²) in [5, 5.41) is 8.43. The minimum Gasteiger partial charge on any atom is -0.383 e. The van der Waals surface area contributed by atoms with Crippen molar-refractivity contribution in [2.75, 3.05) is 11.9 Å². The van der Waals surface area contributed by atoms with Crippen molar-refractivity contribution < 1.29 is 0 Å². The Bertz CT molecular complexity index is 480. The number of nitrogens with zero attached hydrogens (tertiary/aromatic N) is 2. The Morgan fingerprint density at radius 2 is 2.22 bits per heavy atom. The SMILES string of the molecule is CCCCCNc1cc(Cl)ccc1-n1cccn1. The Kier molecular flexibility index (Phi) is 4.65. The van der Waals surface area contributed by atoms with Crippen LogP contribution < -0.4 is 5.32 Å². The van der Waals surface area contributed by atoms with Gasteiger partial charge in [0, 0.05) is 24.0 Å². The molecule has 0 aliphatic carbocycles. The lowest BCUT2D eigenvalue weighted by Gasteiger charge is -2.12. The normalized spacial score (nSPS) is 10.6. The maximum absolute atomic E-state index is 6.05. The molecule has 1 aromatic heterocycles. The van der Waals surface area contributed by atoms with Crippen LogP contribution in [0.3, 0.4) is 0 Å². The predicted octanol–water partition coefficient (Wildman–Crippen LogP) is 4.13. The molecule has 18 heavy (non-hydrogen) atoms. The molecule has 4 heteroatoms. The van der Waals surface area contributed by atoms with Gasteiger partial charge in [0.2, 0.25) is 0 Å². The molecule has 0 saturated carbocycles. The second-order valence-corrected chi connectivity index (χ2v) is 4.68. The first kappa shape index (κ1) is 13.0. The zero-order valence-electron chi connectivity index (χ0n) is 10.6. The molecule has 1 aromatic carbocycles. The van der Waals surface area contributed by atoms with Gasteiger partial charge in [0.15, 0.2) is 0 Å². The third-order valence-corrected chi connectivity index (χ3v) is 3.04. The Morgan fingerprint density at radius 1 is 1.33 bits per heavy atom. The van der Waals surface area contributed by atoms with Gasteiger partial charge in [-0.3, -0.25) is 0 Å². The number of nitrogens with one attached hydrogen (secondary N) is 1. The van der Waals surface area contributed by atoms with Crippen molar-refractivity contribution in [3.05, 3.63) is 41.7 Å². The number of anilines is 1. The Hall–Kier alpha value is -1.48. The number of hydrogen-bond donors (Lipinski definition) is 1. The summed E-state index contributed by atoms with van der Waals surface area (Å²) in [6.07, 6.45) is 7.34. The van der Waals surface area contributed by atoms with Gasteiger partial charge in [0.1, 0.15) is 0 Å². The standard InChI is InChI=1S/C14H18ClN3/c1-2-3-4-8-16-13-11-12(15)6-7-14(13)18-10-5-9-17-18/h5-7,9-11,16H,2-4,8H2,1H3. The highest BCUT2D eigenvalue weighted by Gasteiger charge is 2.05. The maximum Gasteiger partial charge on any atom is 0.0877 e. The van der Waals surface area contributed by atoms with E-state index in [1.165, 1.54) is 19.3 Å². The van der Waals surface area contributed by atoms with E-state index in [0.29, 0.717) is 0 Å². The van der Waals surface area contributed by atoms with Gasteiger partial charge >= 0.3 is 0 Å². The van der Waals surface area contributed by atoms with Crippen LogP contribution in [0.2, 0.25) is 5.02 Å². The summed E-state index contributed by atoms with van der Waals surface area (Å²) < 4.78 is 1.85. The average molecular weight is 264 g/mol. The molecule has 1 N–H and O–H groups in total. The molecule has 2 rings (SSSR count). The number of unbranched alkanes of at least 4 members (excludes halogenated alkanes) is 2. The zero-order valence-corrected chi connectivity index (χ0v) is 11.3. The largest absolute Gasteiger partial charge is 0.383 e. The molecule has 0 saturated heterocycles. The molecule has 0 atom stereocenters. The van der Waals surface area contributed by atoms with Crippen LogP contribution in [0.4, 0.5) is 5.69 Å². The summed E-state index contributed by atoms with van der Waals surface area (Å²) in [7, 11) is 0. The molecule has 0 amide bonds. The third-order valence-electron chi connectivity index (χ3n) is 2.81. The van der Waals surface area contributed by atoms with E-state index in [4.69, 9.17) is 11.6 Å². The first-order valence-corrected chi connectivity index (χ1v) is 6.72. The molecule has 3 nitrogen and oxygen atoms in total. The van der Waals surface area contributed by atoms with E-state index >= 15 is 0 Å². The molecule has 0 aliphatic rings. The fraction of sp³-hybridized carbons (Fsp3) is 0.357. The number of aromatic nitrogens is 2. The van der Waals surface area contributed by atoms with Crippen molar-refractivity contribution in [2.24, 2.45) is 0 Å². The number of halogens is 1. The second-order valence-electron chi connectivity index (χ2n) is 4.25. The Balaban J connectivity index is 2.14. The molecule has 0 radical (unpaired) electrons. The van der Waals surface area contributed by atoms with Crippen LogP contribution >= 0.6 is 11.6 Å². The van der Waals surface area contributed by atoms with Gasteiger partial charge in [-0.2, -0.15) is 5.10 Å². The van der Waals surface area contributed by atoms with Crippen molar-refractivity contribution >= 4 is 17.3 Å². The molecule has 0 aliphatic heterocycles. The van der Waals surface area contributed by atoms with Gasteiger partial charge in [-0.25, -0.2) is 4.68 Å². The highest BCUT2D eigenvalue weighted by Crippen LogP contribution is 2.24. The average Bonchev–Trinajstić information content (AvgIpc) is 2.88. The Labute approximate surface area is 113 Å². The van der Waals surface area contributed by atoms with Crippen LogP contribution in [0.15, 0.2) is 36.7 Å². The predicted molar refractivity (Wildman–Crippen MR) is 76.6 cm³/mol. The molecule has 0 unspecified atom stereocenters. The lowest BCUT2D eigenvalue weighted by atomic mass is 10.2. The van der Waals surface area contributed by atoms with Crippen molar-refractivity contribution in [3.63, 3.8) is 0 Å². The molecule has 0 spiro atoms. The van der Waals surface area contributed by atoms with Gasteiger partial charge in [-0.1, -0.05) is 31.4 Å². The van der Waals surface area contributed by atoms with Crippen molar-refractivity contribution in [2.45, 2.75) is 26.2 Å². The van der Waals surface area contributed by atoms with Gasteiger partial charge in [-0.15, -0.1) is 0 Å². The summed E-state index contributed by atoms with van der Waals surface area (Å²) in [6.45, 7) is 3.16. The fourth-order valence-corrected chi connectivity index (χ4v) is 2.03. The molecule has 1 heterocycles. The van der Waals surface area contributed by atoms with Gasteiger partial charge < -0.3 is 5.32 Å². The van der Waals surface area contributed by atoms with Crippen LogP contribution in [0, 0.1) is 0 Å². The molecule has 0 bridgehead atoms. The van der Waals surface area contributed by atoms with E-state index in [1.807, 2.05) is 35.1 Å². The lowest BCUT2D eigenvalue weighted by molar-refractivity contribution is 0.743. The third kappa shape index (κ3) is 3.26. The maximum atomic E-state index is 6.05. The van der Waals surface area contributed by atoms with Crippen molar-refractivity contribution in [1.29, 1.82) is 0 Å². The van der Waals surface area contributed by atoms with E-state index in [-0.39, 0.29) is 0 Å². The zero-order chi connectivity index (χ0) is 12.8. The van der Waals surface area contributed by atoms with Crippen LogP contribution in [0.5, 0.6) is 0 Å². The minimum atomic E-state index is 0.740.